The largest absolute Gasteiger partial charge is 0.445 e. The van der Waals surface area contributed by atoms with Crippen LogP contribution in [-0.4, -0.2) is 28.8 Å². The van der Waals surface area contributed by atoms with Crippen molar-refractivity contribution < 1.29 is 19.2 Å². The van der Waals surface area contributed by atoms with Crippen molar-refractivity contribution in [3.8, 4) is 0 Å². The summed E-state index contributed by atoms with van der Waals surface area (Å²) >= 11 is 3.28. The fourth-order valence-corrected chi connectivity index (χ4v) is 3.27. The molecule has 0 aromatic heterocycles. The van der Waals surface area contributed by atoms with Gasteiger partial charge in [0.1, 0.15) is 23.4 Å². The van der Waals surface area contributed by atoms with Crippen LogP contribution >= 0.6 is 15.9 Å². The molecule has 3 rings (SSSR count). The zero-order valence-electron chi connectivity index (χ0n) is 15.7. The molecule has 2 aromatic rings. The minimum absolute atomic E-state index is 0.125. The summed E-state index contributed by atoms with van der Waals surface area (Å²) in [5.41, 5.74) is 1.83. The maximum atomic E-state index is 12.7. The van der Waals surface area contributed by atoms with Crippen molar-refractivity contribution in [3.63, 3.8) is 0 Å². The van der Waals surface area contributed by atoms with Gasteiger partial charge >= 0.3 is 6.09 Å². The fraction of sp³-hybridized carbons (Fsp3) is 0.286. The van der Waals surface area contributed by atoms with Crippen LogP contribution in [0.5, 0.6) is 0 Å². The fourth-order valence-electron chi connectivity index (χ4n) is 2.83. The van der Waals surface area contributed by atoms with Crippen LogP contribution in [-0.2, 0) is 27.5 Å². The highest BCUT2D eigenvalue weighted by Crippen LogP contribution is 2.19. The molecule has 0 saturated carbocycles. The highest BCUT2D eigenvalue weighted by atomic mass is 79.9. The van der Waals surface area contributed by atoms with Gasteiger partial charge in [0.2, 0.25) is 5.91 Å². The average Bonchev–Trinajstić information content (AvgIpc) is 3.16. The van der Waals surface area contributed by atoms with Gasteiger partial charge in [-0.15, -0.1) is 0 Å². The van der Waals surface area contributed by atoms with E-state index in [1.165, 1.54) is 0 Å². The summed E-state index contributed by atoms with van der Waals surface area (Å²) in [5, 5.41) is 9.33. The maximum absolute atomic E-state index is 12.7. The van der Waals surface area contributed by atoms with Gasteiger partial charge in [0.15, 0.2) is 0 Å². The lowest BCUT2D eigenvalue weighted by Gasteiger charge is -2.20. The molecule has 1 aliphatic heterocycles. The van der Waals surface area contributed by atoms with Gasteiger partial charge < -0.3 is 20.2 Å². The monoisotopic (exact) mass is 459 g/mol. The van der Waals surface area contributed by atoms with E-state index in [0.717, 1.165) is 11.1 Å². The molecule has 8 heteroatoms. The van der Waals surface area contributed by atoms with E-state index >= 15 is 0 Å². The van der Waals surface area contributed by atoms with Crippen LogP contribution in [0.4, 0.5) is 4.79 Å². The molecule has 0 bridgehead atoms. The molecule has 1 unspecified atom stereocenters. The quantitative estimate of drug-likeness (QED) is 0.632. The van der Waals surface area contributed by atoms with Crippen LogP contribution in [0.1, 0.15) is 24.0 Å². The number of alkyl carbamates (subject to hydrolysis) is 1. The van der Waals surface area contributed by atoms with Gasteiger partial charge in [-0.1, -0.05) is 65.8 Å². The smallest absolute Gasteiger partial charge is 0.408 e. The number of oxime groups is 1. The third-order valence-corrected chi connectivity index (χ3v) is 4.79. The van der Waals surface area contributed by atoms with Crippen LogP contribution in [0.3, 0.4) is 0 Å². The summed E-state index contributed by atoms with van der Waals surface area (Å²) in [7, 11) is 0. The normalized spacial score (nSPS) is 16.3. The Hall–Kier alpha value is -2.87. The van der Waals surface area contributed by atoms with Crippen molar-refractivity contribution in [2.75, 3.05) is 0 Å². The zero-order valence-corrected chi connectivity index (χ0v) is 17.3. The van der Waals surface area contributed by atoms with E-state index in [-0.39, 0.29) is 25.0 Å². The number of benzene rings is 2. The Labute approximate surface area is 177 Å². The molecular weight excluding hydrogens is 438 g/mol. The molecule has 0 saturated heterocycles. The molecule has 2 N–H and O–H groups in total. The lowest BCUT2D eigenvalue weighted by molar-refractivity contribution is -0.124. The second-order valence-electron chi connectivity index (χ2n) is 6.60. The third kappa shape index (κ3) is 6.90. The lowest BCUT2D eigenvalue weighted by atomic mass is 10.1. The molecule has 0 radical (unpaired) electrons. The van der Waals surface area contributed by atoms with Gasteiger partial charge in [0.25, 0.3) is 0 Å². The van der Waals surface area contributed by atoms with Crippen molar-refractivity contribution in [2.24, 2.45) is 5.16 Å². The second-order valence-corrected chi connectivity index (χ2v) is 7.51. The number of hydrogen-bond acceptors (Lipinski definition) is 5. The third-order valence-electron chi connectivity index (χ3n) is 4.33. The van der Waals surface area contributed by atoms with Crippen LogP contribution in [0, 0.1) is 0 Å². The molecule has 0 fully saturated rings. The van der Waals surface area contributed by atoms with Crippen molar-refractivity contribution in [3.05, 3.63) is 71.8 Å². The Bertz CT molecular complexity index is 846. The number of carbonyl (C=O) groups excluding carboxylic acids is 2. The number of hydrogen-bond donors (Lipinski definition) is 2. The first-order chi connectivity index (χ1) is 14.1. The van der Waals surface area contributed by atoms with Crippen LogP contribution in [0.2, 0.25) is 0 Å². The zero-order chi connectivity index (χ0) is 20.5. The maximum Gasteiger partial charge on any atom is 0.408 e. The topological polar surface area (TPSA) is 89.0 Å². The van der Waals surface area contributed by atoms with E-state index in [1.807, 2.05) is 60.7 Å². The van der Waals surface area contributed by atoms with Crippen molar-refractivity contribution in [1.29, 1.82) is 0 Å². The molecule has 2 aromatic carbocycles. The van der Waals surface area contributed by atoms with E-state index in [4.69, 9.17) is 9.57 Å². The summed E-state index contributed by atoms with van der Waals surface area (Å²) < 4.78 is 5.93. The Morgan fingerprint density at radius 2 is 1.76 bits per heavy atom. The van der Waals surface area contributed by atoms with Crippen molar-refractivity contribution in [1.82, 2.24) is 10.6 Å². The molecule has 2 amide bonds. The molecule has 29 heavy (non-hydrogen) atoms. The van der Waals surface area contributed by atoms with Gasteiger partial charge in [-0.05, 0) is 27.1 Å². The van der Waals surface area contributed by atoms with Gasteiger partial charge in [0.05, 0.1) is 0 Å². The van der Waals surface area contributed by atoms with Crippen molar-refractivity contribution in [2.45, 2.75) is 38.1 Å². The van der Waals surface area contributed by atoms with Crippen LogP contribution < -0.4 is 10.6 Å². The van der Waals surface area contributed by atoms with Crippen molar-refractivity contribution >= 4 is 32.6 Å². The highest BCUT2D eigenvalue weighted by molar-refractivity contribution is 9.18. The van der Waals surface area contributed by atoms with E-state index in [0.29, 0.717) is 17.6 Å². The number of nitrogens with one attached hydrogen (secondary N) is 2. The summed E-state index contributed by atoms with van der Waals surface area (Å²) in [6.07, 6.45) is -0.138. The Morgan fingerprint density at radius 3 is 2.38 bits per heavy atom. The second kappa shape index (κ2) is 10.6. The summed E-state index contributed by atoms with van der Waals surface area (Å²) in [4.78, 5) is 30.2. The van der Waals surface area contributed by atoms with E-state index in [2.05, 4.69) is 31.7 Å². The highest BCUT2D eigenvalue weighted by Gasteiger charge is 2.29. The molecule has 2 atom stereocenters. The summed E-state index contributed by atoms with van der Waals surface area (Å²) in [6.45, 7) is 0.488. The van der Waals surface area contributed by atoms with E-state index in [9.17, 15) is 9.59 Å². The molecule has 152 valence electrons. The molecule has 0 spiro atoms. The predicted octanol–water partition coefficient (Wildman–Crippen LogP) is 3.49. The van der Waals surface area contributed by atoms with E-state index in [1.54, 1.807) is 0 Å². The number of ether oxygens (including phenoxy) is 1. The molecule has 1 aliphatic rings. The molecule has 0 aliphatic carbocycles. The van der Waals surface area contributed by atoms with Gasteiger partial charge in [-0.25, -0.2) is 4.79 Å². The first-order valence-corrected chi connectivity index (χ1v) is 10.1. The number of halogens is 1. The Balaban J connectivity index is 1.55. The van der Waals surface area contributed by atoms with Gasteiger partial charge in [-0.3, -0.25) is 4.79 Å². The Morgan fingerprint density at radius 1 is 1.10 bits per heavy atom. The van der Waals surface area contributed by atoms with Crippen LogP contribution in [0.25, 0.3) is 0 Å². The molecule has 1 heterocycles. The van der Waals surface area contributed by atoms with Gasteiger partial charge in [0, 0.05) is 19.4 Å². The average molecular weight is 460 g/mol. The van der Waals surface area contributed by atoms with Crippen LogP contribution in [0.15, 0.2) is 65.8 Å². The number of rotatable bonds is 8. The summed E-state index contributed by atoms with van der Waals surface area (Å²) in [5.74, 6) is -0.308. The number of nitrogens with zero attached hydrogens (tertiary/aromatic N) is 1. The first-order valence-electron chi connectivity index (χ1n) is 9.27. The Kier molecular flexibility index (Phi) is 7.63. The molecular formula is C21H22BrN3O4. The summed E-state index contributed by atoms with van der Waals surface area (Å²) in [6, 6.07) is 18.1. The number of carbonyl (C=O) groups is 2. The number of amides is 2. The lowest BCUT2D eigenvalue weighted by Crippen LogP contribution is -2.48. The predicted molar refractivity (Wildman–Crippen MR) is 112 cm³/mol. The molecule has 7 nitrogen and oxygen atoms in total. The minimum atomic E-state index is -0.805. The minimum Gasteiger partial charge on any atom is -0.445 e. The standard InChI is InChI=1S/C21H22BrN3O4/c22-19-12-17(29-25-19)11-18(20(26)23-13-15-7-3-1-4-8-15)24-21(27)28-14-16-9-5-2-6-10-16/h1-10,17-18H,11-14H2,(H,23,26)(H,24,27)/t17?,18-/m0/s1. The SMILES string of the molecule is O=C(N[C@@H](CC1CC(Br)=NO1)C(=O)NCc1ccccc1)OCc1ccccc1. The first kappa shape index (κ1) is 20.9. The van der Waals surface area contributed by atoms with Gasteiger partial charge in [-0.2, -0.15) is 0 Å². The van der Waals surface area contributed by atoms with E-state index < -0.39 is 12.1 Å².